The molecule has 0 unspecified atom stereocenters. The van der Waals surface area contributed by atoms with Crippen LogP contribution in [0.2, 0.25) is 0 Å². The summed E-state index contributed by atoms with van der Waals surface area (Å²) in [6.07, 6.45) is 1.60. The number of para-hydroxylation sites is 2. The summed E-state index contributed by atoms with van der Waals surface area (Å²) in [4.78, 5) is 25.9. The second-order valence-electron chi connectivity index (χ2n) is 8.57. The van der Waals surface area contributed by atoms with Gasteiger partial charge < -0.3 is 25.8 Å². The van der Waals surface area contributed by atoms with E-state index in [0.29, 0.717) is 34.0 Å². The number of carbonyl (C=O) groups is 2. The smallest absolute Gasteiger partial charge is 0.255 e. The number of hydrogen-bond donors (Lipinski definition) is 3. The van der Waals surface area contributed by atoms with Crippen molar-refractivity contribution >= 4 is 34.8 Å². The fourth-order valence-corrected chi connectivity index (χ4v) is 3.91. The van der Waals surface area contributed by atoms with Crippen molar-refractivity contribution < 1.29 is 23.5 Å². The van der Waals surface area contributed by atoms with Gasteiger partial charge in [-0.25, -0.2) is 4.39 Å². The van der Waals surface area contributed by atoms with Gasteiger partial charge in [0.25, 0.3) is 11.8 Å². The highest BCUT2D eigenvalue weighted by Crippen LogP contribution is 2.30. The van der Waals surface area contributed by atoms with Crippen LogP contribution in [0.5, 0.6) is 11.5 Å². The summed E-state index contributed by atoms with van der Waals surface area (Å²) in [5.41, 5.74) is 9.04. The zero-order valence-electron chi connectivity index (χ0n) is 21.5. The van der Waals surface area contributed by atoms with Crippen molar-refractivity contribution in [3.63, 3.8) is 0 Å². The van der Waals surface area contributed by atoms with Gasteiger partial charge in [0.2, 0.25) is 0 Å². The maximum Gasteiger partial charge on any atom is 0.255 e. The fraction of sp³-hybridized carbons (Fsp3) is 0.0968. The predicted octanol–water partition coefficient (Wildman–Crippen LogP) is 5.53. The summed E-state index contributed by atoms with van der Waals surface area (Å²) in [7, 11) is 3.05. The van der Waals surface area contributed by atoms with E-state index < -0.39 is 11.7 Å². The highest BCUT2D eigenvalue weighted by Gasteiger charge is 2.17. The van der Waals surface area contributed by atoms with Crippen LogP contribution in [-0.2, 0) is 11.3 Å². The van der Waals surface area contributed by atoms with E-state index in [1.807, 2.05) is 0 Å². The third-order valence-electron chi connectivity index (χ3n) is 6.01. The second kappa shape index (κ2) is 12.4. The average Bonchev–Trinajstić information content (AvgIpc) is 2.96. The fourth-order valence-electron chi connectivity index (χ4n) is 3.91. The van der Waals surface area contributed by atoms with Crippen LogP contribution in [0.3, 0.4) is 0 Å². The molecule has 0 atom stereocenters. The number of benzene rings is 4. The first-order chi connectivity index (χ1) is 18.9. The maximum absolute atomic E-state index is 14.7. The quantitative estimate of drug-likeness (QED) is 0.151. The highest BCUT2D eigenvalue weighted by atomic mass is 19.1. The highest BCUT2D eigenvalue weighted by molar-refractivity contribution is 6.24. The van der Waals surface area contributed by atoms with Gasteiger partial charge in [0.1, 0.15) is 5.82 Å². The standard InChI is InChI=1S/C31H28FN3O4/c1-38-28-16-13-21(18-29(28)39-2)17-24(23-7-3-4-8-25(23)32)31(37)34-19-20-11-14-22(15-12-20)30(36)35-27-10-6-5-9-26(27)33/h3-18H,19,33H2,1-2H3,(H,34,37)(H,35,36)/b24-17+. The first-order valence-electron chi connectivity index (χ1n) is 12.1. The molecule has 0 heterocycles. The van der Waals surface area contributed by atoms with Gasteiger partial charge in [-0.1, -0.05) is 48.5 Å². The molecule has 7 nitrogen and oxygen atoms in total. The van der Waals surface area contributed by atoms with E-state index in [-0.39, 0.29) is 23.6 Å². The van der Waals surface area contributed by atoms with Gasteiger partial charge in [0, 0.05) is 17.7 Å². The molecule has 0 aliphatic heterocycles. The number of amides is 2. The van der Waals surface area contributed by atoms with Crippen molar-refractivity contribution in [2.45, 2.75) is 6.54 Å². The molecule has 2 amide bonds. The molecular weight excluding hydrogens is 497 g/mol. The number of ether oxygens (including phenoxy) is 2. The Bertz CT molecular complexity index is 1520. The SMILES string of the molecule is COc1ccc(/C=C(/C(=O)NCc2ccc(C(=O)Nc3ccccc3N)cc2)c2ccccc2F)cc1OC. The molecule has 0 fully saturated rings. The molecule has 0 aliphatic rings. The lowest BCUT2D eigenvalue weighted by molar-refractivity contribution is -0.115. The van der Waals surface area contributed by atoms with Crippen molar-refractivity contribution in [2.75, 3.05) is 25.3 Å². The van der Waals surface area contributed by atoms with Crippen LogP contribution in [-0.4, -0.2) is 26.0 Å². The van der Waals surface area contributed by atoms with Gasteiger partial charge in [-0.05, 0) is 59.7 Å². The molecular formula is C31H28FN3O4. The van der Waals surface area contributed by atoms with E-state index in [1.54, 1.807) is 91.0 Å². The molecule has 0 spiro atoms. The monoisotopic (exact) mass is 525 g/mol. The molecule has 198 valence electrons. The number of halogens is 1. The number of nitrogens with one attached hydrogen (secondary N) is 2. The van der Waals surface area contributed by atoms with Gasteiger partial charge in [-0.3, -0.25) is 9.59 Å². The molecule has 0 aromatic heterocycles. The molecule has 4 N–H and O–H groups in total. The minimum Gasteiger partial charge on any atom is -0.493 e. The van der Waals surface area contributed by atoms with Crippen molar-refractivity contribution in [1.82, 2.24) is 5.32 Å². The second-order valence-corrected chi connectivity index (χ2v) is 8.57. The number of nitrogens with two attached hydrogens (primary N) is 1. The summed E-state index contributed by atoms with van der Waals surface area (Å²) in [5, 5.41) is 5.62. The first-order valence-corrected chi connectivity index (χ1v) is 12.1. The molecule has 4 aromatic rings. The largest absolute Gasteiger partial charge is 0.493 e. The number of hydrogen-bond acceptors (Lipinski definition) is 5. The Hall–Kier alpha value is -5.11. The number of rotatable bonds is 9. The molecule has 0 saturated carbocycles. The minimum absolute atomic E-state index is 0.150. The summed E-state index contributed by atoms with van der Waals surface area (Å²) in [6.45, 7) is 0.171. The van der Waals surface area contributed by atoms with Crippen LogP contribution in [0, 0.1) is 5.82 Å². The van der Waals surface area contributed by atoms with Crippen LogP contribution in [0.25, 0.3) is 11.6 Å². The molecule has 0 radical (unpaired) electrons. The Labute approximate surface area is 226 Å². The summed E-state index contributed by atoms with van der Waals surface area (Å²) >= 11 is 0. The Morgan fingerprint density at radius 3 is 2.26 bits per heavy atom. The third-order valence-corrected chi connectivity index (χ3v) is 6.01. The summed E-state index contributed by atoms with van der Waals surface area (Å²) in [6, 6.07) is 25.1. The van der Waals surface area contributed by atoms with Crippen LogP contribution in [0.1, 0.15) is 27.0 Å². The molecule has 0 bridgehead atoms. The van der Waals surface area contributed by atoms with Crippen molar-refractivity contribution in [1.29, 1.82) is 0 Å². The van der Waals surface area contributed by atoms with Crippen LogP contribution < -0.4 is 25.8 Å². The number of anilines is 2. The minimum atomic E-state index is -0.520. The molecule has 4 aromatic carbocycles. The summed E-state index contributed by atoms with van der Waals surface area (Å²) in [5.74, 6) is -0.261. The summed E-state index contributed by atoms with van der Waals surface area (Å²) < 4.78 is 25.4. The van der Waals surface area contributed by atoms with Crippen LogP contribution >= 0.6 is 0 Å². The Kier molecular flexibility index (Phi) is 8.58. The van der Waals surface area contributed by atoms with E-state index in [0.717, 1.165) is 5.56 Å². The van der Waals surface area contributed by atoms with Gasteiger partial charge in [0.15, 0.2) is 11.5 Å². The third kappa shape index (κ3) is 6.61. The van der Waals surface area contributed by atoms with E-state index in [9.17, 15) is 14.0 Å². The maximum atomic E-state index is 14.7. The number of carbonyl (C=O) groups excluding carboxylic acids is 2. The Morgan fingerprint density at radius 2 is 1.56 bits per heavy atom. The lowest BCUT2D eigenvalue weighted by Crippen LogP contribution is -2.24. The number of methoxy groups -OCH3 is 2. The van der Waals surface area contributed by atoms with E-state index >= 15 is 0 Å². The number of nitrogen functional groups attached to an aromatic ring is 1. The average molecular weight is 526 g/mol. The van der Waals surface area contributed by atoms with Gasteiger partial charge in [0.05, 0.1) is 31.2 Å². The molecule has 8 heteroatoms. The lowest BCUT2D eigenvalue weighted by Gasteiger charge is -2.12. The normalized spacial score (nSPS) is 11.0. The van der Waals surface area contributed by atoms with Gasteiger partial charge in [-0.2, -0.15) is 0 Å². The van der Waals surface area contributed by atoms with Crippen molar-refractivity contribution in [3.05, 3.63) is 119 Å². The first kappa shape index (κ1) is 26.9. The van der Waals surface area contributed by atoms with Crippen LogP contribution in [0.4, 0.5) is 15.8 Å². The van der Waals surface area contributed by atoms with Crippen molar-refractivity contribution in [3.8, 4) is 11.5 Å². The predicted molar refractivity (Wildman–Crippen MR) is 151 cm³/mol. The molecule has 39 heavy (non-hydrogen) atoms. The van der Waals surface area contributed by atoms with E-state index in [2.05, 4.69) is 10.6 Å². The Balaban J connectivity index is 1.51. The molecule has 0 aliphatic carbocycles. The lowest BCUT2D eigenvalue weighted by atomic mass is 10.0. The molecule has 4 rings (SSSR count). The zero-order chi connectivity index (χ0) is 27.8. The van der Waals surface area contributed by atoms with E-state index in [4.69, 9.17) is 15.2 Å². The van der Waals surface area contributed by atoms with Gasteiger partial charge in [-0.15, -0.1) is 0 Å². The van der Waals surface area contributed by atoms with E-state index in [1.165, 1.54) is 20.3 Å². The van der Waals surface area contributed by atoms with Crippen LogP contribution in [0.15, 0.2) is 91.0 Å². The van der Waals surface area contributed by atoms with Gasteiger partial charge >= 0.3 is 0 Å². The zero-order valence-corrected chi connectivity index (χ0v) is 21.5. The Morgan fingerprint density at radius 1 is 0.872 bits per heavy atom. The van der Waals surface area contributed by atoms with Crippen molar-refractivity contribution in [2.24, 2.45) is 0 Å². The topological polar surface area (TPSA) is 103 Å². The molecule has 0 saturated heterocycles.